The van der Waals surface area contributed by atoms with Crippen LogP contribution in [0.3, 0.4) is 0 Å². The monoisotopic (exact) mass is 770 g/mol. The quantitative estimate of drug-likeness (QED) is 0.211. The van der Waals surface area contributed by atoms with Crippen molar-refractivity contribution in [3.8, 4) is 6.07 Å². The number of hydrogen-bond donors (Lipinski definition) is 3. The highest BCUT2D eigenvalue weighted by atomic mass is 19.3. The van der Waals surface area contributed by atoms with Crippen molar-refractivity contribution in [2.75, 3.05) is 47.2 Å². The Morgan fingerprint density at radius 2 is 1.84 bits per heavy atom. The predicted octanol–water partition coefficient (Wildman–Crippen LogP) is 3.68. The van der Waals surface area contributed by atoms with E-state index in [4.69, 9.17) is 0 Å². The van der Waals surface area contributed by atoms with Crippen molar-refractivity contribution in [3.05, 3.63) is 60.3 Å². The third-order valence-corrected chi connectivity index (χ3v) is 12.0. The molecule has 18 heteroatoms. The summed E-state index contributed by atoms with van der Waals surface area (Å²) in [5, 5.41) is 35.0. The summed E-state index contributed by atoms with van der Waals surface area (Å²) in [5.74, 6) is -1.23. The molecule has 1 aromatic carbocycles. The molecule has 16 nitrogen and oxygen atoms in total. The molecule has 4 aromatic rings. The van der Waals surface area contributed by atoms with Gasteiger partial charge >= 0.3 is 0 Å². The highest BCUT2D eigenvalue weighted by molar-refractivity contribution is 6.08. The van der Waals surface area contributed by atoms with Gasteiger partial charge in [-0.05, 0) is 76.1 Å². The van der Waals surface area contributed by atoms with Gasteiger partial charge < -0.3 is 25.1 Å². The van der Waals surface area contributed by atoms with Crippen molar-refractivity contribution in [1.29, 1.82) is 5.26 Å². The second kappa shape index (κ2) is 15.1. The molecule has 1 aliphatic carbocycles. The van der Waals surface area contributed by atoms with E-state index in [1.165, 1.54) is 27.8 Å². The second-order valence-electron chi connectivity index (χ2n) is 15.1. The molecule has 294 valence electrons. The summed E-state index contributed by atoms with van der Waals surface area (Å²) in [5.41, 5.74) is 2.45. The molecule has 3 aliphatic heterocycles. The van der Waals surface area contributed by atoms with Gasteiger partial charge in [-0.1, -0.05) is 6.07 Å². The number of para-hydroxylation sites is 1. The molecule has 3 N–H and O–H groups in total. The number of imide groups is 1. The average molecular weight is 771 g/mol. The van der Waals surface area contributed by atoms with E-state index in [9.17, 15) is 33.5 Å². The molecule has 0 spiro atoms. The van der Waals surface area contributed by atoms with Crippen molar-refractivity contribution < 1.29 is 28.3 Å². The minimum Gasteiger partial charge on any atom is -0.370 e. The molecule has 2 saturated heterocycles. The van der Waals surface area contributed by atoms with Crippen LogP contribution >= 0.6 is 0 Å². The summed E-state index contributed by atoms with van der Waals surface area (Å²) in [6, 6.07) is 9.11. The summed E-state index contributed by atoms with van der Waals surface area (Å²) in [6.07, 6.45) is 6.95. The molecular weight excluding hydrogens is 726 g/mol. The van der Waals surface area contributed by atoms with Crippen LogP contribution in [-0.2, 0) is 9.59 Å². The van der Waals surface area contributed by atoms with Gasteiger partial charge in [0.05, 0.1) is 41.1 Å². The number of nitrogens with zero attached hydrogens (tertiary/aromatic N) is 10. The molecule has 0 radical (unpaired) electrons. The number of alkyl halides is 2. The number of piperidine rings is 2. The van der Waals surface area contributed by atoms with E-state index in [0.717, 1.165) is 55.8 Å². The van der Waals surface area contributed by atoms with Crippen LogP contribution in [0.2, 0.25) is 0 Å². The van der Waals surface area contributed by atoms with E-state index in [1.54, 1.807) is 29.1 Å². The highest BCUT2D eigenvalue weighted by Crippen LogP contribution is 2.47. The molecule has 1 saturated carbocycles. The van der Waals surface area contributed by atoms with E-state index in [1.807, 2.05) is 25.2 Å². The number of aliphatic hydroxyl groups excluding tert-OH is 1. The largest absolute Gasteiger partial charge is 0.370 e. The van der Waals surface area contributed by atoms with Gasteiger partial charge in [-0.15, -0.1) is 0 Å². The first-order valence-corrected chi connectivity index (χ1v) is 19.0. The summed E-state index contributed by atoms with van der Waals surface area (Å²) in [4.78, 5) is 49.8. The number of fused-ring (bicyclic) bond motifs is 2. The van der Waals surface area contributed by atoms with E-state index in [2.05, 4.69) is 41.7 Å². The Labute approximate surface area is 321 Å². The van der Waals surface area contributed by atoms with Crippen molar-refractivity contribution in [3.63, 3.8) is 0 Å². The van der Waals surface area contributed by atoms with E-state index in [-0.39, 0.29) is 47.6 Å². The number of nitriles is 1. The third-order valence-electron chi connectivity index (χ3n) is 12.0. The van der Waals surface area contributed by atoms with Crippen molar-refractivity contribution in [2.45, 2.75) is 88.3 Å². The molecule has 0 bridgehead atoms. The van der Waals surface area contributed by atoms with Crippen LogP contribution in [-0.4, -0.2) is 104 Å². The number of benzene rings is 1. The molecule has 56 heavy (non-hydrogen) atoms. The molecular formula is C38H44F2N12O4. The number of halogens is 2. The van der Waals surface area contributed by atoms with E-state index in [0.29, 0.717) is 24.9 Å². The maximum Gasteiger partial charge on any atom is 0.284 e. The fourth-order valence-electron chi connectivity index (χ4n) is 9.03. The summed E-state index contributed by atoms with van der Waals surface area (Å²) >= 11 is 0. The topological polar surface area (TPSA) is 180 Å². The minimum absolute atomic E-state index is 0.0571. The molecule has 3 fully saturated rings. The number of carbonyl (C=O) groups is 3. The van der Waals surface area contributed by atoms with Crippen LogP contribution in [0.4, 0.5) is 31.5 Å². The Kier molecular flexibility index (Phi) is 10.1. The van der Waals surface area contributed by atoms with Crippen LogP contribution in [0.5, 0.6) is 0 Å². The number of nitrogens with one attached hydrogen (secondary N) is 2. The summed E-state index contributed by atoms with van der Waals surface area (Å²) in [6.45, 7) is 1.47. The smallest absolute Gasteiger partial charge is 0.284 e. The summed E-state index contributed by atoms with van der Waals surface area (Å²) < 4.78 is 31.2. The SMILES string of the molecule is CN1c2c(N3CCC(N(C)[C@@H](C#N)C4CCC(n5cc(NC(=O)c6cnn7cccnc67)c(C(F)F)n5)CC4)CC3)cccc2N(C2CCC(=O)NC2=O)C1O. The number of anilines is 4. The average Bonchev–Trinajstić information content (AvgIpc) is 3.90. The molecule has 6 heterocycles. The van der Waals surface area contributed by atoms with Gasteiger partial charge in [-0.25, -0.2) is 18.3 Å². The number of rotatable bonds is 9. The molecule has 3 amide bonds. The standard InChI is InChI=1S/C38H44F2N12O4/c1-47(23-13-17-49(18-14-23)27-5-3-6-28-33(27)48(2)38(56)52(28)29-11-12-31(53)45-37(29)55)30(19-41)22-7-9-24(10-8-22)51-21-26(32(46-51)34(39)40)44-36(54)25-20-43-50-16-4-15-42-35(25)50/h3-6,15-16,20-24,29-30,34,38,56H,7-14,17-18H2,1-2H3,(H,44,54)(H,45,53,55)/t22?,24?,29?,30-,38?/m0/s1. The van der Waals surface area contributed by atoms with Crippen LogP contribution in [0.25, 0.3) is 5.65 Å². The fraction of sp³-hybridized carbons (Fsp3) is 0.500. The van der Waals surface area contributed by atoms with Gasteiger partial charge in [0, 0.05) is 51.2 Å². The first-order valence-electron chi connectivity index (χ1n) is 19.0. The molecule has 4 aliphatic rings. The Morgan fingerprint density at radius 1 is 1.09 bits per heavy atom. The lowest BCUT2D eigenvalue weighted by molar-refractivity contribution is -0.134. The van der Waals surface area contributed by atoms with Crippen LogP contribution in [0.15, 0.2) is 49.1 Å². The number of carbonyl (C=O) groups excluding carboxylic acids is 3. The van der Waals surface area contributed by atoms with Gasteiger partial charge in [0.1, 0.15) is 17.6 Å². The Morgan fingerprint density at radius 3 is 2.55 bits per heavy atom. The molecule has 3 aromatic heterocycles. The Hall–Kier alpha value is -5.67. The summed E-state index contributed by atoms with van der Waals surface area (Å²) in [7, 11) is 3.81. The minimum atomic E-state index is -2.89. The molecule has 3 atom stereocenters. The number of aliphatic hydroxyl groups is 1. The number of amides is 3. The fourth-order valence-corrected chi connectivity index (χ4v) is 9.03. The lowest BCUT2D eigenvalue weighted by atomic mass is 9.81. The van der Waals surface area contributed by atoms with Crippen molar-refractivity contribution >= 4 is 46.1 Å². The zero-order chi connectivity index (χ0) is 39.2. The van der Waals surface area contributed by atoms with E-state index < -0.39 is 36.3 Å². The van der Waals surface area contributed by atoms with Crippen molar-refractivity contribution in [1.82, 2.24) is 34.6 Å². The first kappa shape index (κ1) is 37.3. The van der Waals surface area contributed by atoms with Gasteiger partial charge in [0.25, 0.3) is 12.3 Å². The first-order chi connectivity index (χ1) is 27.0. The maximum atomic E-state index is 14.1. The Balaban J connectivity index is 0.888. The lowest BCUT2D eigenvalue weighted by Crippen LogP contribution is -2.56. The second-order valence-corrected chi connectivity index (χ2v) is 15.1. The van der Waals surface area contributed by atoms with Crippen LogP contribution in [0, 0.1) is 17.2 Å². The zero-order valence-corrected chi connectivity index (χ0v) is 31.1. The van der Waals surface area contributed by atoms with Gasteiger partial charge in [-0.3, -0.25) is 29.3 Å². The van der Waals surface area contributed by atoms with Crippen LogP contribution in [0.1, 0.15) is 79.9 Å². The zero-order valence-electron chi connectivity index (χ0n) is 31.1. The predicted molar refractivity (Wildman–Crippen MR) is 201 cm³/mol. The van der Waals surface area contributed by atoms with Crippen molar-refractivity contribution in [2.24, 2.45) is 5.92 Å². The van der Waals surface area contributed by atoms with Gasteiger partial charge in [-0.2, -0.15) is 15.5 Å². The van der Waals surface area contributed by atoms with Gasteiger partial charge in [0.2, 0.25) is 18.2 Å². The third kappa shape index (κ3) is 6.68. The number of aromatic nitrogens is 5. The highest BCUT2D eigenvalue weighted by Gasteiger charge is 2.44. The maximum absolute atomic E-state index is 14.1. The molecule has 8 rings (SSSR count). The lowest BCUT2D eigenvalue weighted by Gasteiger charge is -2.42. The Bertz CT molecular complexity index is 2170. The van der Waals surface area contributed by atoms with Gasteiger partial charge in [0.15, 0.2) is 11.3 Å². The molecule has 2 unspecified atom stereocenters. The van der Waals surface area contributed by atoms with E-state index >= 15 is 0 Å². The van der Waals surface area contributed by atoms with Crippen LogP contribution < -0.4 is 25.3 Å². The normalized spacial score (nSPS) is 23.8. The number of hydrogen-bond acceptors (Lipinski definition) is 12.